The molecule has 0 rings (SSSR count). The predicted octanol–water partition coefficient (Wildman–Crippen LogP) is 2.59. The van der Waals surface area contributed by atoms with Crippen LogP contribution in [0.3, 0.4) is 0 Å². The van der Waals surface area contributed by atoms with Gasteiger partial charge in [-0.3, -0.25) is 10.3 Å². The van der Waals surface area contributed by atoms with E-state index in [0.29, 0.717) is 5.92 Å². The maximum Gasteiger partial charge on any atom is 0.245 e. The molecule has 2 atom stereocenters. The van der Waals surface area contributed by atoms with E-state index in [2.05, 4.69) is 39.4 Å². The third kappa shape index (κ3) is 13.0. The topological polar surface area (TPSA) is 29.0 Å². The lowest BCUT2D eigenvalue weighted by atomic mass is 9.85. The lowest BCUT2D eigenvalue weighted by molar-refractivity contribution is -0.468. The summed E-state index contributed by atoms with van der Waals surface area (Å²) in [5, 5.41) is 0. The first-order chi connectivity index (χ1) is 10.6. The molecule has 3 heteroatoms. The molecule has 0 aliphatic carbocycles. The molecule has 140 valence electrons. The molecule has 0 aliphatic rings. The van der Waals surface area contributed by atoms with Gasteiger partial charge in [0, 0.05) is 0 Å². The molecule has 0 saturated heterocycles. The molecular formula is C20H43BrN2. The summed E-state index contributed by atoms with van der Waals surface area (Å²) >= 11 is 0. The Morgan fingerprint density at radius 3 is 1.91 bits per heavy atom. The van der Waals surface area contributed by atoms with Crippen molar-refractivity contribution in [2.24, 2.45) is 17.6 Å². The normalized spacial score (nSPS) is 13.3. The predicted molar refractivity (Wildman–Crippen MR) is 101 cm³/mol. The highest BCUT2D eigenvalue weighted by molar-refractivity contribution is 5.77. The maximum absolute atomic E-state index is 6.40. The Morgan fingerprint density at radius 1 is 0.826 bits per heavy atom. The fraction of sp³-hybridized carbons (Fsp3) is 0.950. The quantitative estimate of drug-likeness (QED) is 0.210. The maximum atomic E-state index is 6.40. The van der Waals surface area contributed by atoms with E-state index >= 15 is 0 Å². The molecule has 0 amide bonds. The summed E-state index contributed by atoms with van der Waals surface area (Å²) in [6, 6.07) is 0. The van der Waals surface area contributed by atoms with Gasteiger partial charge in [-0.05, 0) is 18.8 Å². The largest absolute Gasteiger partial charge is 1.00 e. The molecule has 2 nitrogen and oxygen atoms in total. The number of hydrogen-bond acceptors (Lipinski definition) is 0. The van der Waals surface area contributed by atoms with Crippen LogP contribution in [0.15, 0.2) is 0 Å². The van der Waals surface area contributed by atoms with Gasteiger partial charge >= 0.3 is 0 Å². The van der Waals surface area contributed by atoms with Gasteiger partial charge in [-0.2, -0.15) is 0 Å². The van der Waals surface area contributed by atoms with Gasteiger partial charge in [0.2, 0.25) is 5.84 Å². The first kappa shape index (κ1) is 25.2. The van der Waals surface area contributed by atoms with Crippen LogP contribution in [-0.2, 0) is 0 Å². The molecule has 0 aromatic rings. The number of amidine groups is 1. The minimum atomic E-state index is 0. The van der Waals surface area contributed by atoms with Crippen LogP contribution in [0, 0.1) is 11.8 Å². The lowest BCUT2D eigenvalue weighted by Gasteiger charge is -2.21. The van der Waals surface area contributed by atoms with Crippen molar-refractivity contribution in [2.45, 2.75) is 97.8 Å². The van der Waals surface area contributed by atoms with Crippen LogP contribution in [0.2, 0.25) is 0 Å². The van der Waals surface area contributed by atoms with Gasteiger partial charge in [0.1, 0.15) is 0 Å². The van der Waals surface area contributed by atoms with Crippen LogP contribution in [-0.4, -0.2) is 24.5 Å². The SMILES string of the molecule is CCCCCCCCC(CC(CC)CCCC)C(N)=[N+](C)C.[Br-]. The van der Waals surface area contributed by atoms with Gasteiger partial charge in [-0.25, -0.2) is 0 Å². The van der Waals surface area contributed by atoms with E-state index < -0.39 is 0 Å². The minimum absolute atomic E-state index is 0. The van der Waals surface area contributed by atoms with Crippen molar-refractivity contribution in [3.8, 4) is 0 Å². The van der Waals surface area contributed by atoms with Gasteiger partial charge in [-0.15, -0.1) is 0 Å². The summed E-state index contributed by atoms with van der Waals surface area (Å²) in [5.74, 6) is 2.54. The van der Waals surface area contributed by atoms with Crippen LogP contribution < -0.4 is 22.7 Å². The number of hydrogen-bond donors (Lipinski definition) is 1. The van der Waals surface area contributed by atoms with Crippen molar-refractivity contribution in [3.05, 3.63) is 0 Å². The van der Waals surface area contributed by atoms with E-state index in [1.54, 1.807) is 0 Å². The molecule has 0 saturated carbocycles. The molecular weight excluding hydrogens is 348 g/mol. The second-order valence-electron chi connectivity index (χ2n) is 7.22. The molecule has 0 fully saturated rings. The fourth-order valence-corrected chi connectivity index (χ4v) is 3.31. The summed E-state index contributed by atoms with van der Waals surface area (Å²) in [5.41, 5.74) is 6.40. The van der Waals surface area contributed by atoms with Crippen LogP contribution in [0.5, 0.6) is 0 Å². The summed E-state index contributed by atoms with van der Waals surface area (Å²) < 4.78 is 2.13. The van der Waals surface area contributed by atoms with Crippen molar-refractivity contribution in [3.63, 3.8) is 0 Å². The summed E-state index contributed by atoms with van der Waals surface area (Å²) in [7, 11) is 4.19. The van der Waals surface area contributed by atoms with E-state index in [4.69, 9.17) is 5.73 Å². The fourth-order valence-electron chi connectivity index (χ4n) is 3.31. The highest BCUT2D eigenvalue weighted by Gasteiger charge is 2.22. The highest BCUT2D eigenvalue weighted by Crippen LogP contribution is 2.25. The third-order valence-electron chi connectivity index (χ3n) is 5.00. The molecule has 0 heterocycles. The van der Waals surface area contributed by atoms with Gasteiger partial charge in [-0.1, -0.05) is 85.0 Å². The molecule has 0 aromatic heterocycles. The third-order valence-corrected chi connectivity index (χ3v) is 5.00. The first-order valence-electron chi connectivity index (χ1n) is 9.86. The second-order valence-corrected chi connectivity index (χ2v) is 7.22. The zero-order chi connectivity index (χ0) is 16.8. The lowest BCUT2D eigenvalue weighted by Crippen LogP contribution is -3.00. The van der Waals surface area contributed by atoms with Crippen LogP contribution in [0.25, 0.3) is 0 Å². The van der Waals surface area contributed by atoms with Gasteiger partial charge in [0.15, 0.2) is 0 Å². The van der Waals surface area contributed by atoms with Crippen molar-refractivity contribution in [1.29, 1.82) is 0 Å². The Balaban J connectivity index is 0. The Hall–Kier alpha value is -0.0500. The smallest absolute Gasteiger partial charge is 0.245 e. The van der Waals surface area contributed by atoms with E-state index in [1.165, 1.54) is 77.0 Å². The summed E-state index contributed by atoms with van der Waals surface area (Å²) in [6.45, 7) is 6.92. The Morgan fingerprint density at radius 2 is 1.39 bits per heavy atom. The van der Waals surface area contributed by atoms with Crippen molar-refractivity contribution >= 4 is 5.84 Å². The summed E-state index contributed by atoms with van der Waals surface area (Å²) in [6.07, 6.45) is 16.2. The van der Waals surface area contributed by atoms with Crippen molar-refractivity contribution in [2.75, 3.05) is 14.1 Å². The molecule has 2 N–H and O–H groups in total. The first-order valence-corrected chi connectivity index (χ1v) is 9.86. The highest BCUT2D eigenvalue weighted by atomic mass is 79.9. The van der Waals surface area contributed by atoms with Crippen molar-refractivity contribution < 1.29 is 21.6 Å². The average molecular weight is 391 g/mol. The minimum Gasteiger partial charge on any atom is -1.00 e. The van der Waals surface area contributed by atoms with Gasteiger partial charge in [0.05, 0.1) is 20.0 Å². The summed E-state index contributed by atoms with van der Waals surface area (Å²) in [4.78, 5) is 0. The van der Waals surface area contributed by atoms with E-state index in [0.717, 1.165) is 11.8 Å². The van der Waals surface area contributed by atoms with Crippen LogP contribution >= 0.6 is 0 Å². The number of halogens is 1. The van der Waals surface area contributed by atoms with E-state index in [-0.39, 0.29) is 17.0 Å². The van der Waals surface area contributed by atoms with Gasteiger partial charge in [0.25, 0.3) is 0 Å². The number of unbranched alkanes of at least 4 members (excludes halogenated alkanes) is 6. The number of nitrogens with zero attached hydrogens (tertiary/aromatic N) is 1. The molecule has 23 heavy (non-hydrogen) atoms. The number of rotatable bonds is 14. The molecule has 2 unspecified atom stereocenters. The van der Waals surface area contributed by atoms with E-state index in [9.17, 15) is 0 Å². The Kier molecular flexibility index (Phi) is 18.4. The standard InChI is InChI=1S/C20H42N2.BrH/c1-6-9-11-12-13-14-16-19(20(21)22(4)5)17-18(8-3)15-10-7-2;/h18-19,21H,6-17H2,1-5H3;1H. The zero-order valence-corrected chi connectivity index (χ0v) is 18.1. The zero-order valence-electron chi connectivity index (χ0n) is 16.5. The van der Waals surface area contributed by atoms with Crippen LogP contribution in [0.4, 0.5) is 0 Å². The average Bonchev–Trinajstić information content (AvgIpc) is 2.51. The Labute approximate surface area is 157 Å². The second kappa shape index (κ2) is 16.8. The molecule has 0 radical (unpaired) electrons. The number of nitrogens with two attached hydrogens (primary N) is 1. The van der Waals surface area contributed by atoms with Crippen molar-refractivity contribution in [1.82, 2.24) is 0 Å². The van der Waals surface area contributed by atoms with Gasteiger partial charge < -0.3 is 17.0 Å². The molecule has 0 aromatic carbocycles. The van der Waals surface area contributed by atoms with E-state index in [1.807, 2.05) is 0 Å². The molecule has 0 bridgehead atoms. The monoisotopic (exact) mass is 390 g/mol. The van der Waals surface area contributed by atoms with Crippen LogP contribution in [0.1, 0.15) is 97.8 Å². The Bertz CT molecular complexity index is 285. The molecule has 0 aliphatic heterocycles. The molecule has 0 spiro atoms.